The molecule has 20 heavy (non-hydrogen) atoms. The average Bonchev–Trinajstić information content (AvgIpc) is 2.37. The van der Waals surface area contributed by atoms with Crippen molar-refractivity contribution in [3.05, 3.63) is 29.8 Å². The summed E-state index contributed by atoms with van der Waals surface area (Å²) in [5.41, 5.74) is 0.935. The molecule has 1 rings (SSSR count). The Labute approximate surface area is 116 Å². The highest BCUT2D eigenvalue weighted by Gasteiger charge is 2.27. The molecule has 0 saturated heterocycles. The molecule has 0 radical (unpaired) electrons. The van der Waals surface area contributed by atoms with Crippen LogP contribution in [0.5, 0.6) is 0 Å². The van der Waals surface area contributed by atoms with E-state index in [1.54, 1.807) is 12.1 Å². The lowest BCUT2D eigenvalue weighted by Crippen LogP contribution is -2.42. The first-order valence-electron chi connectivity index (χ1n) is 5.82. The van der Waals surface area contributed by atoms with Crippen molar-refractivity contribution in [2.75, 3.05) is 0 Å². The Balaban J connectivity index is 2.96. The maximum absolute atomic E-state index is 12.0. The van der Waals surface area contributed by atoms with Gasteiger partial charge in [0.15, 0.2) is 0 Å². The Morgan fingerprint density at radius 2 is 1.75 bits per heavy atom. The van der Waals surface area contributed by atoms with Gasteiger partial charge in [0.05, 0.1) is 11.3 Å². The van der Waals surface area contributed by atoms with E-state index in [0.717, 1.165) is 12.0 Å². The van der Waals surface area contributed by atoms with E-state index in [4.69, 9.17) is 10.2 Å². The van der Waals surface area contributed by atoms with E-state index in [-0.39, 0.29) is 4.90 Å². The minimum Gasteiger partial charge on any atom is -0.481 e. The van der Waals surface area contributed by atoms with E-state index in [0.29, 0.717) is 0 Å². The summed E-state index contributed by atoms with van der Waals surface area (Å²) < 4.78 is 25.8. The van der Waals surface area contributed by atoms with Gasteiger partial charge < -0.3 is 10.2 Å². The lowest BCUT2D eigenvalue weighted by atomic mass is 10.2. The van der Waals surface area contributed by atoms with E-state index in [2.05, 4.69) is 0 Å². The Morgan fingerprint density at radius 1 is 1.20 bits per heavy atom. The molecule has 0 heterocycles. The van der Waals surface area contributed by atoms with Crippen molar-refractivity contribution in [2.45, 2.75) is 30.7 Å². The van der Waals surface area contributed by atoms with Gasteiger partial charge in [-0.05, 0) is 24.1 Å². The lowest BCUT2D eigenvalue weighted by molar-refractivity contribution is -0.145. The van der Waals surface area contributed by atoms with Gasteiger partial charge in [-0.15, -0.1) is 0 Å². The highest BCUT2D eigenvalue weighted by atomic mass is 32.2. The molecule has 0 spiro atoms. The zero-order valence-electron chi connectivity index (χ0n) is 10.7. The van der Waals surface area contributed by atoms with Crippen LogP contribution in [0.4, 0.5) is 0 Å². The highest BCUT2D eigenvalue weighted by molar-refractivity contribution is 7.89. The normalized spacial score (nSPS) is 12.8. The zero-order valence-corrected chi connectivity index (χ0v) is 11.6. The third-order valence-corrected chi connectivity index (χ3v) is 4.10. The van der Waals surface area contributed by atoms with E-state index >= 15 is 0 Å². The Hall–Kier alpha value is -1.93. The summed E-state index contributed by atoms with van der Waals surface area (Å²) in [4.78, 5) is 21.3. The van der Waals surface area contributed by atoms with Crippen LogP contribution in [0.15, 0.2) is 29.2 Å². The number of rotatable bonds is 7. The molecule has 1 atom stereocenters. The molecule has 0 aromatic heterocycles. The summed E-state index contributed by atoms with van der Waals surface area (Å²) in [6.07, 6.45) is -0.0911. The summed E-state index contributed by atoms with van der Waals surface area (Å²) >= 11 is 0. The first-order chi connectivity index (χ1) is 9.26. The fraction of sp³-hybridized carbons (Fsp3) is 0.333. The van der Waals surface area contributed by atoms with Crippen LogP contribution >= 0.6 is 0 Å². The number of carbonyl (C=O) groups is 2. The second kappa shape index (κ2) is 6.49. The number of hydrogen-bond acceptors (Lipinski definition) is 4. The van der Waals surface area contributed by atoms with Crippen molar-refractivity contribution in [2.24, 2.45) is 0 Å². The minimum absolute atomic E-state index is 0.105. The van der Waals surface area contributed by atoms with Crippen LogP contribution in [0.1, 0.15) is 18.9 Å². The first kappa shape index (κ1) is 16.1. The average molecular weight is 301 g/mol. The zero-order chi connectivity index (χ0) is 15.3. The van der Waals surface area contributed by atoms with Crippen LogP contribution in [0, 0.1) is 0 Å². The number of sulfonamides is 1. The third-order valence-electron chi connectivity index (χ3n) is 2.62. The molecular formula is C12H15NO6S. The summed E-state index contributed by atoms with van der Waals surface area (Å²) in [5, 5.41) is 17.4. The van der Waals surface area contributed by atoms with Crippen LogP contribution in [0.2, 0.25) is 0 Å². The molecule has 0 aliphatic carbocycles. The molecule has 0 unspecified atom stereocenters. The van der Waals surface area contributed by atoms with Gasteiger partial charge in [0, 0.05) is 0 Å². The molecule has 8 heteroatoms. The number of aliphatic carboxylic acids is 2. The van der Waals surface area contributed by atoms with Gasteiger partial charge in [-0.2, -0.15) is 4.72 Å². The molecule has 110 valence electrons. The SMILES string of the molecule is CCc1ccc(S(=O)(=O)N[C@H](CC(=O)O)C(=O)O)cc1. The van der Waals surface area contributed by atoms with E-state index in [1.165, 1.54) is 12.1 Å². The fourth-order valence-electron chi connectivity index (χ4n) is 1.51. The minimum atomic E-state index is -4.07. The predicted molar refractivity (Wildman–Crippen MR) is 69.8 cm³/mol. The van der Waals surface area contributed by atoms with Crippen molar-refractivity contribution in [1.82, 2.24) is 4.72 Å². The molecule has 1 aromatic rings. The number of aryl methyl sites for hydroxylation is 1. The second-order valence-corrected chi connectivity index (χ2v) is 5.82. The molecule has 0 saturated carbocycles. The lowest BCUT2D eigenvalue weighted by Gasteiger charge is -2.13. The Morgan fingerprint density at radius 3 is 2.15 bits per heavy atom. The topological polar surface area (TPSA) is 121 Å². The van der Waals surface area contributed by atoms with Crippen molar-refractivity contribution < 1.29 is 28.2 Å². The molecule has 0 aliphatic heterocycles. The summed E-state index contributed by atoms with van der Waals surface area (Å²) in [5.74, 6) is -2.94. The summed E-state index contributed by atoms with van der Waals surface area (Å²) in [6, 6.07) is 4.22. The van der Waals surface area contributed by atoms with Gasteiger partial charge in [0.1, 0.15) is 6.04 Å². The van der Waals surface area contributed by atoms with Gasteiger partial charge >= 0.3 is 11.9 Å². The van der Waals surface area contributed by atoms with Crippen LogP contribution in [0.25, 0.3) is 0 Å². The van der Waals surface area contributed by atoms with Crippen molar-refractivity contribution in [1.29, 1.82) is 0 Å². The van der Waals surface area contributed by atoms with Crippen LogP contribution in [-0.2, 0) is 26.0 Å². The number of carboxylic acids is 2. The van der Waals surface area contributed by atoms with Gasteiger partial charge in [-0.1, -0.05) is 19.1 Å². The molecule has 0 bridgehead atoms. The fourth-order valence-corrected chi connectivity index (χ4v) is 2.70. The van der Waals surface area contributed by atoms with Gasteiger partial charge in [-0.3, -0.25) is 9.59 Å². The number of nitrogens with one attached hydrogen (secondary N) is 1. The van der Waals surface area contributed by atoms with Gasteiger partial charge in [0.2, 0.25) is 10.0 Å². The summed E-state index contributed by atoms with van der Waals surface area (Å²) in [6.45, 7) is 1.91. The standard InChI is InChI=1S/C12H15NO6S/c1-2-8-3-5-9(6-4-8)20(18,19)13-10(12(16)17)7-11(14)15/h3-6,10,13H,2,7H2,1H3,(H,14,15)(H,16,17)/t10-/m1/s1. The molecule has 1 aromatic carbocycles. The number of hydrogen-bond donors (Lipinski definition) is 3. The Bertz CT molecular complexity index is 593. The largest absolute Gasteiger partial charge is 0.481 e. The third kappa shape index (κ3) is 4.32. The molecule has 0 aliphatic rings. The Kier molecular flexibility index (Phi) is 5.23. The molecule has 0 fully saturated rings. The van der Waals surface area contributed by atoms with Crippen molar-refractivity contribution >= 4 is 22.0 Å². The van der Waals surface area contributed by atoms with E-state index in [9.17, 15) is 18.0 Å². The molecule has 3 N–H and O–H groups in total. The maximum Gasteiger partial charge on any atom is 0.322 e. The summed E-state index contributed by atoms with van der Waals surface area (Å²) in [7, 11) is -4.07. The van der Waals surface area contributed by atoms with Crippen molar-refractivity contribution in [3.8, 4) is 0 Å². The van der Waals surface area contributed by atoms with Crippen LogP contribution < -0.4 is 4.72 Å². The molecule has 7 nitrogen and oxygen atoms in total. The first-order valence-corrected chi connectivity index (χ1v) is 7.30. The van der Waals surface area contributed by atoms with Gasteiger partial charge in [-0.25, -0.2) is 8.42 Å². The molecular weight excluding hydrogens is 286 g/mol. The van der Waals surface area contributed by atoms with Crippen LogP contribution in [-0.4, -0.2) is 36.6 Å². The number of benzene rings is 1. The monoisotopic (exact) mass is 301 g/mol. The van der Waals surface area contributed by atoms with E-state index < -0.39 is 34.4 Å². The van der Waals surface area contributed by atoms with E-state index in [1.807, 2.05) is 11.6 Å². The maximum atomic E-state index is 12.0. The predicted octanol–water partition coefficient (Wildman–Crippen LogP) is 0.455. The number of carboxylic acid groups (broad SMARTS) is 2. The van der Waals surface area contributed by atoms with Gasteiger partial charge in [0.25, 0.3) is 0 Å². The highest BCUT2D eigenvalue weighted by Crippen LogP contribution is 2.12. The second-order valence-electron chi connectivity index (χ2n) is 4.11. The molecule has 0 amide bonds. The quantitative estimate of drug-likeness (QED) is 0.672. The smallest absolute Gasteiger partial charge is 0.322 e. The van der Waals surface area contributed by atoms with Crippen molar-refractivity contribution in [3.63, 3.8) is 0 Å². The van der Waals surface area contributed by atoms with Crippen LogP contribution in [0.3, 0.4) is 0 Å².